The quantitative estimate of drug-likeness (QED) is 0.918. The molecule has 3 heterocycles. The second kappa shape index (κ2) is 6.26. The first kappa shape index (κ1) is 15.2. The number of aromatic nitrogens is 2. The van der Waals surface area contributed by atoms with Crippen LogP contribution in [0.1, 0.15) is 36.2 Å². The van der Waals surface area contributed by atoms with E-state index in [2.05, 4.69) is 10.2 Å². The minimum atomic E-state index is -0.0421. The Morgan fingerprint density at radius 3 is 2.46 bits per heavy atom. The van der Waals surface area contributed by atoms with Gasteiger partial charge in [0.1, 0.15) is 0 Å². The molecule has 2 amide bonds. The number of nitrogens with one attached hydrogen (secondary N) is 1. The molecule has 0 spiro atoms. The minimum Gasteiger partial charge on any atom is -0.342 e. The first-order valence-corrected chi connectivity index (χ1v) is 8.75. The fourth-order valence-corrected chi connectivity index (χ4v) is 3.80. The number of H-pyrrole nitrogens is 1. The average Bonchev–Trinajstić information content (AvgIpc) is 3.30. The summed E-state index contributed by atoms with van der Waals surface area (Å²) in [4.78, 5) is 29.1. The van der Waals surface area contributed by atoms with E-state index in [4.69, 9.17) is 0 Å². The zero-order chi connectivity index (χ0) is 16.5. The Hall–Kier alpha value is -2.37. The van der Waals surface area contributed by atoms with Crippen LogP contribution in [0.2, 0.25) is 0 Å². The Bertz CT molecular complexity index is 755. The predicted octanol–water partition coefficient (Wildman–Crippen LogP) is 2.04. The van der Waals surface area contributed by atoms with Crippen molar-refractivity contribution < 1.29 is 9.59 Å². The molecule has 2 aliphatic heterocycles. The van der Waals surface area contributed by atoms with Gasteiger partial charge in [0.05, 0.1) is 5.52 Å². The third-order valence-electron chi connectivity index (χ3n) is 5.22. The monoisotopic (exact) mass is 326 g/mol. The van der Waals surface area contributed by atoms with E-state index >= 15 is 0 Å². The first-order valence-electron chi connectivity index (χ1n) is 8.75. The summed E-state index contributed by atoms with van der Waals surface area (Å²) in [6, 6.07) is 7.66. The number of nitrogens with zero attached hydrogens (tertiary/aromatic N) is 3. The molecule has 2 aromatic rings. The lowest BCUT2D eigenvalue weighted by Crippen LogP contribution is -2.43. The Kier molecular flexibility index (Phi) is 3.96. The minimum absolute atomic E-state index is 0.0421. The summed E-state index contributed by atoms with van der Waals surface area (Å²) >= 11 is 0. The van der Waals surface area contributed by atoms with Gasteiger partial charge in [-0.3, -0.25) is 14.7 Å². The number of rotatable bonds is 2. The molecule has 0 aliphatic carbocycles. The molecular weight excluding hydrogens is 304 g/mol. The maximum absolute atomic E-state index is 12.8. The highest BCUT2D eigenvalue weighted by Gasteiger charge is 2.32. The van der Waals surface area contributed by atoms with Crippen molar-refractivity contribution in [3.63, 3.8) is 0 Å². The van der Waals surface area contributed by atoms with Gasteiger partial charge in [0.25, 0.3) is 5.91 Å². The molecule has 0 bridgehead atoms. The third kappa shape index (κ3) is 2.66. The normalized spacial score (nSPS) is 19.2. The summed E-state index contributed by atoms with van der Waals surface area (Å²) in [5.41, 5.74) is 1.36. The van der Waals surface area contributed by atoms with Crippen LogP contribution in [-0.2, 0) is 4.79 Å². The lowest BCUT2D eigenvalue weighted by atomic mass is 9.95. The maximum Gasteiger partial charge on any atom is 0.274 e. The smallest absolute Gasteiger partial charge is 0.274 e. The SMILES string of the molecule is O=C(c1n[nH]c2ccccc12)N1CCC(C(=O)N2CCCC2)CC1. The lowest BCUT2D eigenvalue weighted by Gasteiger charge is -2.32. The summed E-state index contributed by atoms with van der Waals surface area (Å²) < 4.78 is 0. The molecule has 1 N–H and O–H groups in total. The highest BCUT2D eigenvalue weighted by molar-refractivity contribution is 6.04. The van der Waals surface area contributed by atoms with Crippen LogP contribution in [0.3, 0.4) is 0 Å². The zero-order valence-electron chi connectivity index (χ0n) is 13.7. The largest absolute Gasteiger partial charge is 0.342 e. The van der Waals surface area contributed by atoms with Gasteiger partial charge in [0.2, 0.25) is 5.91 Å². The van der Waals surface area contributed by atoms with Crippen LogP contribution in [0.4, 0.5) is 0 Å². The topological polar surface area (TPSA) is 69.3 Å². The van der Waals surface area contributed by atoms with E-state index in [1.807, 2.05) is 34.1 Å². The molecule has 4 rings (SSSR count). The van der Waals surface area contributed by atoms with Crippen LogP contribution < -0.4 is 0 Å². The number of hydrogen-bond donors (Lipinski definition) is 1. The Morgan fingerprint density at radius 1 is 1.00 bits per heavy atom. The number of carbonyl (C=O) groups is 2. The van der Waals surface area contributed by atoms with Gasteiger partial charge < -0.3 is 9.80 Å². The Labute approximate surface area is 140 Å². The van der Waals surface area contributed by atoms with Crippen LogP contribution in [0.25, 0.3) is 10.9 Å². The molecule has 1 aromatic heterocycles. The second-order valence-corrected chi connectivity index (χ2v) is 6.72. The molecule has 0 radical (unpaired) electrons. The second-order valence-electron chi connectivity index (χ2n) is 6.72. The van der Waals surface area contributed by atoms with E-state index in [1.165, 1.54) is 0 Å². The summed E-state index contributed by atoms with van der Waals surface area (Å²) in [6.07, 6.45) is 3.75. The fourth-order valence-electron chi connectivity index (χ4n) is 3.80. The Morgan fingerprint density at radius 2 is 1.71 bits per heavy atom. The third-order valence-corrected chi connectivity index (χ3v) is 5.22. The van der Waals surface area contributed by atoms with Crippen LogP contribution in [0.15, 0.2) is 24.3 Å². The predicted molar refractivity (Wildman–Crippen MR) is 90.5 cm³/mol. The maximum atomic E-state index is 12.8. The number of aromatic amines is 1. The number of benzene rings is 1. The molecule has 24 heavy (non-hydrogen) atoms. The van der Waals surface area contributed by atoms with Gasteiger partial charge >= 0.3 is 0 Å². The summed E-state index contributed by atoms with van der Waals surface area (Å²) in [6.45, 7) is 3.06. The van der Waals surface area contributed by atoms with Crippen molar-refractivity contribution in [1.29, 1.82) is 0 Å². The van der Waals surface area contributed by atoms with Crippen LogP contribution in [0.5, 0.6) is 0 Å². The van der Waals surface area contributed by atoms with Gasteiger partial charge in [-0.1, -0.05) is 18.2 Å². The standard InChI is InChI=1S/C18H22N4O2/c23-17(21-9-3-4-10-21)13-7-11-22(12-8-13)18(24)16-14-5-1-2-6-15(14)19-20-16/h1-2,5-6,13H,3-4,7-12H2,(H,19,20). The summed E-state index contributed by atoms with van der Waals surface area (Å²) in [7, 11) is 0. The molecule has 0 saturated carbocycles. The van der Waals surface area contributed by atoms with Crippen molar-refractivity contribution in [2.45, 2.75) is 25.7 Å². The Balaban J connectivity index is 1.42. The number of carbonyl (C=O) groups excluding carboxylic acids is 2. The van der Waals surface area contributed by atoms with Crippen LogP contribution >= 0.6 is 0 Å². The molecule has 126 valence electrons. The van der Waals surface area contributed by atoms with Crippen molar-refractivity contribution in [3.05, 3.63) is 30.0 Å². The van der Waals surface area contributed by atoms with E-state index in [0.29, 0.717) is 18.8 Å². The number of amides is 2. The number of para-hydroxylation sites is 1. The van der Waals surface area contributed by atoms with E-state index in [1.54, 1.807) is 0 Å². The molecule has 0 atom stereocenters. The van der Waals surface area contributed by atoms with Crippen molar-refractivity contribution >= 4 is 22.7 Å². The number of fused-ring (bicyclic) bond motifs is 1. The van der Waals surface area contributed by atoms with E-state index < -0.39 is 0 Å². The molecule has 6 heteroatoms. The van der Waals surface area contributed by atoms with Crippen molar-refractivity contribution in [2.75, 3.05) is 26.2 Å². The molecule has 0 unspecified atom stereocenters. The molecule has 2 saturated heterocycles. The van der Waals surface area contributed by atoms with Crippen molar-refractivity contribution in [2.24, 2.45) is 5.92 Å². The van der Waals surface area contributed by atoms with Gasteiger partial charge in [-0.05, 0) is 31.7 Å². The molecule has 6 nitrogen and oxygen atoms in total. The lowest BCUT2D eigenvalue weighted by molar-refractivity contribution is -0.135. The molecular formula is C18H22N4O2. The van der Waals surface area contributed by atoms with E-state index in [-0.39, 0.29) is 17.7 Å². The summed E-state index contributed by atoms with van der Waals surface area (Å²) in [5.74, 6) is 0.312. The fraction of sp³-hybridized carbons (Fsp3) is 0.500. The number of likely N-dealkylation sites (tertiary alicyclic amines) is 2. The van der Waals surface area contributed by atoms with Crippen molar-refractivity contribution in [1.82, 2.24) is 20.0 Å². The van der Waals surface area contributed by atoms with E-state index in [0.717, 1.165) is 49.7 Å². The number of piperidine rings is 1. The average molecular weight is 326 g/mol. The molecule has 2 fully saturated rings. The van der Waals surface area contributed by atoms with Crippen LogP contribution in [0, 0.1) is 5.92 Å². The van der Waals surface area contributed by atoms with Gasteiger partial charge in [-0.25, -0.2) is 0 Å². The summed E-state index contributed by atoms with van der Waals surface area (Å²) in [5, 5.41) is 7.97. The van der Waals surface area contributed by atoms with Gasteiger partial charge in [-0.2, -0.15) is 5.10 Å². The van der Waals surface area contributed by atoms with Gasteiger partial charge in [0.15, 0.2) is 5.69 Å². The van der Waals surface area contributed by atoms with Crippen LogP contribution in [-0.4, -0.2) is 58.0 Å². The molecule has 1 aromatic carbocycles. The zero-order valence-corrected chi connectivity index (χ0v) is 13.7. The van der Waals surface area contributed by atoms with Gasteiger partial charge in [0, 0.05) is 37.5 Å². The molecule has 2 aliphatic rings. The number of hydrogen-bond acceptors (Lipinski definition) is 3. The highest BCUT2D eigenvalue weighted by atomic mass is 16.2. The first-order chi connectivity index (χ1) is 11.7. The van der Waals surface area contributed by atoms with E-state index in [9.17, 15) is 9.59 Å². The highest BCUT2D eigenvalue weighted by Crippen LogP contribution is 2.24. The van der Waals surface area contributed by atoms with Crippen molar-refractivity contribution in [3.8, 4) is 0 Å². The van der Waals surface area contributed by atoms with Gasteiger partial charge in [-0.15, -0.1) is 0 Å².